The monoisotopic (exact) mass is 346 g/mol. The summed E-state index contributed by atoms with van der Waals surface area (Å²) in [4.78, 5) is 16.0. The average molecular weight is 346 g/mol. The molecule has 128 valence electrons. The normalized spacial score (nSPS) is 12.6. The Kier molecular flexibility index (Phi) is 6.09. The number of aromatic nitrogens is 1. The summed E-state index contributed by atoms with van der Waals surface area (Å²) in [6.07, 6.45) is 4.22. The molecule has 0 spiro atoms. The minimum absolute atomic E-state index is 0.0285. The third kappa shape index (κ3) is 4.41. The number of aryl methyl sites for hydroxylation is 1. The molecule has 1 unspecified atom stereocenters. The Bertz CT molecular complexity index is 772. The molecule has 2 rings (SSSR count). The number of amides is 1. The zero-order valence-electron chi connectivity index (χ0n) is 13.9. The van der Waals surface area contributed by atoms with Crippen LogP contribution in [0.3, 0.4) is 0 Å². The summed E-state index contributed by atoms with van der Waals surface area (Å²) in [5.74, 6) is -0.148. The van der Waals surface area contributed by atoms with E-state index >= 15 is 0 Å². The van der Waals surface area contributed by atoms with Crippen molar-refractivity contribution in [3.05, 3.63) is 59.9 Å². The van der Waals surface area contributed by atoms with Crippen molar-refractivity contribution < 1.29 is 13.2 Å². The number of benzene rings is 1. The quantitative estimate of drug-likeness (QED) is 0.836. The van der Waals surface area contributed by atoms with Gasteiger partial charge in [0, 0.05) is 25.4 Å². The highest BCUT2D eigenvalue weighted by Crippen LogP contribution is 2.28. The van der Waals surface area contributed by atoms with Crippen LogP contribution < -0.4 is 5.32 Å². The highest BCUT2D eigenvalue weighted by Gasteiger charge is 2.29. The Hall–Kier alpha value is -2.21. The summed E-state index contributed by atoms with van der Waals surface area (Å²) < 4.78 is 26.1. The second-order valence-electron chi connectivity index (χ2n) is 5.69. The fraction of sp³-hybridized carbons (Fsp3) is 0.333. The molecule has 24 heavy (non-hydrogen) atoms. The number of carbonyl (C=O) groups is 1. The maximum atomic E-state index is 13.0. The first-order chi connectivity index (χ1) is 11.4. The van der Waals surface area contributed by atoms with Crippen molar-refractivity contribution in [2.45, 2.75) is 36.8 Å². The Balaban J connectivity index is 2.34. The number of sulfone groups is 1. The SMILES string of the molecule is CCCC(=O)NCC(c1cccnc1)S(=O)(=O)c1ccc(C)cc1. The van der Waals surface area contributed by atoms with Crippen molar-refractivity contribution in [3.8, 4) is 0 Å². The molecule has 1 amide bonds. The van der Waals surface area contributed by atoms with Crippen LogP contribution in [0.1, 0.15) is 36.1 Å². The molecule has 2 aromatic rings. The van der Waals surface area contributed by atoms with E-state index in [1.54, 1.807) is 42.6 Å². The lowest BCUT2D eigenvalue weighted by atomic mass is 10.2. The molecule has 1 heterocycles. The van der Waals surface area contributed by atoms with Crippen LogP contribution in [0.15, 0.2) is 53.7 Å². The topological polar surface area (TPSA) is 76.1 Å². The molecule has 0 fully saturated rings. The molecule has 5 nitrogen and oxygen atoms in total. The van der Waals surface area contributed by atoms with Crippen LogP contribution in [0.5, 0.6) is 0 Å². The second-order valence-corrected chi connectivity index (χ2v) is 7.82. The van der Waals surface area contributed by atoms with Gasteiger partial charge in [-0.3, -0.25) is 9.78 Å². The van der Waals surface area contributed by atoms with E-state index in [1.807, 2.05) is 13.8 Å². The van der Waals surface area contributed by atoms with E-state index in [0.717, 1.165) is 5.56 Å². The fourth-order valence-corrected chi connectivity index (χ4v) is 4.03. The highest BCUT2D eigenvalue weighted by molar-refractivity contribution is 7.91. The Morgan fingerprint density at radius 2 is 1.92 bits per heavy atom. The zero-order valence-corrected chi connectivity index (χ0v) is 14.7. The first-order valence-electron chi connectivity index (χ1n) is 7.92. The minimum Gasteiger partial charge on any atom is -0.354 e. The van der Waals surface area contributed by atoms with Gasteiger partial charge in [0.05, 0.1) is 4.90 Å². The molecule has 0 aliphatic rings. The van der Waals surface area contributed by atoms with Gasteiger partial charge in [-0.25, -0.2) is 8.42 Å². The first kappa shape index (κ1) is 18.1. The lowest BCUT2D eigenvalue weighted by Gasteiger charge is -2.19. The van der Waals surface area contributed by atoms with Crippen molar-refractivity contribution >= 4 is 15.7 Å². The fourth-order valence-electron chi connectivity index (χ4n) is 2.39. The molecular weight excluding hydrogens is 324 g/mol. The third-order valence-electron chi connectivity index (χ3n) is 3.74. The summed E-state index contributed by atoms with van der Waals surface area (Å²) in [6, 6.07) is 10.1. The summed E-state index contributed by atoms with van der Waals surface area (Å²) in [5.41, 5.74) is 1.55. The van der Waals surface area contributed by atoms with Gasteiger partial charge in [0.25, 0.3) is 0 Å². The van der Waals surface area contributed by atoms with Crippen LogP contribution in [0.25, 0.3) is 0 Å². The molecule has 1 aromatic heterocycles. The van der Waals surface area contributed by atoms with Crippen LogP contribution in [-0.2, 0) is 14.6 Å². The number of nitrogens with zero attached hydrogens (tertiary/aromatic N) is 1. The van der Waals surface area contributed by atoms with Gasteiger partial charge in [0.1, 0.15) is 5.25 Å². The number of carbonyl (C=O) groups excluding carboxylic acids is 1. The van der Waals surface area contributed by atoms with Crippen molar-refractivity contribution in [2.75, 3.05) is 6.54 Å². The van der Waals surface area contributed by atoms with Gasteiger partial charge >= 0.3 is 0 Å². The van der Waals surface area contributed by atoms with Crippen molar-refractivity contribution in [1.29, 1.82) is 0 Å². The largest absolute Gasteiger partial charge is 0.354 e. The van der Waals surface area contributed by atoms with E-state index in [1.165, 1.54) is 6.20 Å². The summed E-state index contributed by atoms with van der Waals surface area (Å²) in [6.45, 7) is 3.84. The summed E-state index contributed by atoms with van der Waals surface area (Å²) in [7, 11) is -3.64. The van der Waals surface area contributed by atoms with Crippen LogP contribution in [0, 0.1) is 6.92 Å². The summed E-state index contributed by atoms with van der Waals surface area (Å²) in [5, 5.41) is 1.86. The molecule has 0 radical (unpaired) electrons. The maximum absolute atomic E-state index is 13.0. The van der Waals surface area contributed by atoms with E-state index in [4.69, 9.17) is 0 Å². The molecule has 1 atom stereocenters. The average Bonchev–Trinajstić information content (AvgIpc) is 2.56. The molecule has 6 heteroatoms. The predicted molar refractivity (Wildman–Crippen MR) is 93.3 cm³/mol. The van der Waals surface area contributed by atoms with Crippen molar-refractivity contribution in [3.63, 3.8) is 0 Å². The number of pyridine rings is 1. The van der Waals surface area contributed by atoms with Gasteiger partial charge in [-0.15, -0.1) is 0 Å². The Morgan fingerprint density at radius 1 is 1.21 bits per heavy atom. The van der Waals surface area contributed by atoms with Crippen LogP contribution in [0.2, 0.25) is 0 Å². The van der Waals surface area contributed by atoms with E-state index < -0.39 is 15.1 Å². The number of nitrogens with one attached hydrogen (secondary N) is 1. The van der Waals surface area contributed by atoms with Gasteiger partial charge in [0.2, 0.25) is 5.91 Å². The predicted octanol–water partition coefficient (Wildman–Crippen LogP) is 2.82. The van der Waals surface area contributed by atoms with Gasteiger partial charge in [-0.2, -0.15) is 0 Å². The van der Waals surface area contributed by atoms with Crippen LogP contribution in [-0.4, -0.2) is 25.9 Å². The van der Waals surface area contributed by atoms with Crippen molar-refractivity contribution in [1.82, 2.24) is 10.3 Å². The maximum Gasteiger partial charge on any atom is 0.220 e. The third-order valence-corrected chi connectivity index (χ3v) is 5.86. The molecular formula is C18H22N2O3S. The molecule has 0 saturated heterocycles. The standard InChI is InChI=1S/C18H22N2O3S/c1-3-5-18(21)20-13-17(15-6-4-11-19-12-15)24(22,23)16-9-7-14(2)8-10-16/h4,6-12,17H,3,5,13H2,1-2H3,(H,20,21). The Morgan fingerprint density at radius 3 is 2.50 bits per heavy atom. The zero-order chi connectivity index (χ0) is 17.6. The minimum atomic E-state index is -3.64. The smallest absolute Gasteiger partial charge is 0.220 e. The van der Waals surface area contributed by atoms with Gasteiger partial charge in [-0.05, 0) is 37.1 Å². The molecule has 0 aliphatic carbocycles. The molecule has 0 aliphatic heterocycles. The molecule has 0 bridgehead atoms. The first-order valence-corrected chi connectivity index (χ1v) is 9.47. The number of hydrogen-bond donors (Lipinski definition) is 1. The number of hydrogen-bond acceptors (Lipinski definition) is 4. The van der Waals surface area contributed by atoms with E-state index in [2.05, 4.69) is 10.3 Å². The van der Waals surface area contributed by atoms with Crippen molar-refractivity contribution in [2.24, 2.45) is 0 Å². The summed E-state index contributed by atoms with van der Waals surface area (Å²) >= 11 is 0. The highest BCUT2D eigenvalue weighted by atomic mass is 32.2. The van der Waals surface area contributed by atoms with Gasteiger partial charge in [-0.1, -0.05) is 30.7 Å². The van der Waals surface area contributed by atoms with E-state index in [-0.39, 0.29) is 17.3 Å². The second kappa shape index (κ2) is 8.06. The van der Waals surface area contributed by atoms with Gasteiger partial charge < -0.3 is 5.32 Å². The van der Waals surface area contributed by atoms with Crippen LogP contribution >= 0.6 is 0 Å². The molecule has 1 aromatic carbocycles. The molecule has 0 saturated carbocycles. The van der Waals surface area contributed by atoms with Crippen LogP contribution in [0.4, 0.5) is 0 Å². The molecule has 1 N–H and O–H groups in total. The van der Waals surface area contributed by atoms with Gasteiger partial charge in [0.15, 0.2) is 9.84 Å². The van der Waals surface area contributed by atoms with E-state index in [0.29, 0.717) is 18.4 Å². The lowest BCUT2D eigenvalue weighted by molar-refractivity contribution is -0.121. The number of rotatable bonds is 7. The van der Waals surface area contributed by atoms with E-state index in [9.17, 15) is 13.2 Å². The lowest BCUT2D eigenvalue weighted by Crippen LogP contribution is -2.31. The Labute approximate surface area is 143 Å².